The summed E-state index contributed by atoms with van der Waals surface area (Å²) in [7, 11) is 4.64. The van der Waals surface area contributed by atoms with E-state index >= 15 is 0 Å². The van der Waals surface area contributed by atoms with Crippen LogP contribution in [0.4, 0.5) is 4.79 Å². The van der Waals surface area contributed by atoms with Gasteiger partial charge in [0, 0.05) is 28.4 Å². The molecule has 0 aromatic rings. The third-order valence-electron chi connectivity index (χ3n) is 1.85. The summed E-state index contributed by atoms with van der Waals surface area (Å²) in [6.45, 7) is 0. The Morgan fingerprint density at radius 2 is 1.57 bits per heavy atom. The Bertz CT molecular complexity index is 177. The smallest absolute Gasteiger partial charge is 0.453 e. The molecule has 0 fully saturated rings. The van der Waals surface area contributed by atoms with Crippen LogP contribution in [0.25, 0.3) is 0 Å². The van der Waals surface area contributed by atoms with Crippen LogP contribution in [-0.2, 0) is 18.0 Å². The molecule has 0 aliphatic heterocycles. The summed E-state index contributed by atoms with van der Waals surface area (Å²) >= 11 is 0. The van der Waals surface area contributed by atoms with Crippen LogP contribution in [0, 0.1) is 0 Å². The van der Waals surface area contributed by atoms with Gasteiger partial charge in [0.25, 0.3) is 0 Å². The molecule has 0 saturated carbocycles. The van der Waals surface area contributed by atoms with Crippen molar-refractivity contribution >= 4 is 14.9 Å². The van der Waals surface area contributed by atoms with E-state index in [1.807, 2.05) is 0 Å². The Hall–Kier alpha value is -0.633. The highest BCUT2D eigenvalue weighted by Crippen LogP contribution is 2.07. The van der Waals surface area contributed by atoms with Crippen molar-refractivity contribution in [2.75, 3.05) is 41.7 Å². The molecule has 0 saturated heterocycles. The molecule has 0 rings (SSSR count). The lowest BCUT2D eigenvalue weighted by molar-refractivity contribution is 0.0957. The van der Waals surface area contributed by atoms with E-state index in [1.54, 1.807) is 7.05 Å². The summed E-state index contributed by atoms with van der Waals surface area (Å²) < 4.78 is 20.0. The molecule has 0 aromatic heterocycles. The van der Waals surface area contributed by atoms with Crippen molar-refractivity contribution in [3.63, 3.8) is 0 Å². The van der Waals surface area contributed by atoms with Gasteiger partial charge >= 0.3 is 14.9 Å². The largest absolute Gasteiger partial charge is 0.520 e. The molecule has 0 bridgehead atoms. The molecule has 84 valence electrons. The van der Waals surface area contributed by atoms with Crippen LogP contribution in [0.1, 0.15) is 0 Å². The fourth-order valence-electron chi connectivity index (χ4n) is 0.955. The van der Waals surface area contributed by atoms with Gasteiger partial charge in [0.05, 0.1) is 13.3 Å². The molecule has 0 N–H and O–H groups in total. The number of amides is 1. The second-order valence-corrected chi connectivity index (χ2v) is 5.53. The zero-order chi connectivity index (χ0) is 11.2. The Kier molecular flexibility index (Phi) is 5.70. The van der Waals surface area contributed by atoms with Gasteiger partial charge in [0.2, 0.25) is 0 Å². The van der Waals surface area contributed by atoms with Gasteiger partial charge in [-0.1, -0.05) is 0 Å². The summed E-state index contributed by atoms with van der Waals surface area (Å²) in [6.07, 6.45) is -0.198. The van der Waals surface area contributed by atoms with Gasteiger partial charge in [-0.05, 0) is 0 Å². The van der Waals surface area contributed by atoms with E-state index in [1.165, 1.54) is 33.3 Å². The van der Waals surface area contributed by atoms with Crippen molar-refractivity contribution in [3.05, 3.63) is 0 Å². The van der Waals surface area contributed by atoms with Crippen molar-refractivity contribution in [2.45, 2.75) is 0 Å². The molecule has 14 heavy (non-hydrogen) atoms. The first kappa shape index (κ1) is 13.4. The zero-order valence-corrected chi connectivity index (χ0v) is 10.2. The number of rotatable bonds is 5. The predicted octanol–water partition coefficient (Wildman–Crippen LogP) is 0.102. The number of carbonyl (C=O) groups excluding carboxylic acids is 1. The van der Waals surface area contributed by atoms with Crippen LogP contribution in [0.15, 0.2) is 0 Å². The predicted molar refractivity (Wildman–Crippen MR) is 51.8 cm³/mol. The highest BCUT2D eigenvalue weighted by atomic mass is 28.4. The third kappa shape index (κ3) is 3.26. The van der Waals surface area contributed by atoms with Gasteiger partial charge in [-0.2, -0.15) is 0 Å². The maximum atomic E-state index is 11.1. The van der Waals surface area contributed by atoms with Gasteiger partial charge < -0.3 is 22.9 Å². The first-order valence-corrected chi connectivity index (χ1v) is 5.93. The summed E-state index contributed by atoms with van der Waals surface area (Å²) in [4.78, 5) is 12.4. The SMILES string of the molecule is COC(=O)N(C)C[Si](OC)(OC)OC. The molecule has 0 unspecified atom stereocenters. The first-order chi connectivity index (χ1) is 6.55. The van der Waals surface area contributed by atoms with E-state index in [4.69, 9.17) is 13.3 Å². The fourth-order valence-corrected chi connectivity index (χ4v) is 2.55. The van der Waals surface area contributed by atoms with E-state index in [9.17, 15) is 4.79 Å². The van der Waals surface area contributed by atoms with Crippen LogP contribution in [0.5, 0.6) is 0 Å². The minimum absolute atomic E-state index is 0.253. The molecule has 0 aliphatic rings. The van der Waals surface area contributed by atoms with Crippen molar-refractivity contribution in [1.82, 2.24) is 4.90 Å². The molecular weight excluding hydrogens is 206 g/mol. The van der Waals surface area contributed by atoms with Crippen LogP contribution in [0.3, 0.4) is 0 Å². The lowest BCUT2D eigenvalue weighted by Crippen LogP contribution is -2.53. The van der Waals surface area contributed by atoms with E-state index in [0.717, 1.165) is 0 Å². The van der Waals surface area contributed by atoms with Crippen LogP contribution >= 0.6 is 0 Å². The van der Waals surface area contributed by atoms with E-state index in [0.29, 0.717) is 0 Å². The van der Waals surface area contributed by atoms with Crippen molar-refractivity contribution in [3.8, 4) is 0 Å². The average Bonchev–Trinajstić information content (AvgIpc) is 2.24. The molecule has 0 aromatic carbocycles. The topological polar surface area (TPSA) is 57.2 Å². The van der Waals surface area contributed by atoms with Crippen LogP contribution < -0.4 is 0 Å². The monoisotopic (exact) mass is 223 g/mol. The highest BCUT2D eigenvalue weighted by Gasteiger charge is 2.40. The second kappa shape index (κ2) is 5.97. The summed E-state index contributed by atoms with van der Waals surface area (Å²) in [5.41, 5.74) is 0. The Morgan fingerprint density at radius 1 is 1.14 bits per heavy atom. The second-order valence-electron chi connectivity index (χ2n) is 2.62. The van der Waals surface area contributed by atoms with Crippen LogP contribution in [0.2, 0.25) is 0 Å². The Balaban J connectivity index is 4.36. The summed E-state index contributed by atoms with van der Waals surface area (Å²) in [6, 6.07) is 0. The molecule has 6 nitrogen and oxygen atoms in total. The van der Waals surface area contributed by atoms with E-state index in [2.05, 4.69) is 4.74 Å². The highest BCUT2D eigenvalue weighted by molar-refractivity contribution is 6.60. The van der Waals surface area contributed by atoms with Crippen molar-refractivity contribution in [1.29, 1.82) is 0 Å². The Labute approximate surface area is 85.1 Å². The normalized spacial score (nSPS) is 11.2. The number of carbonyl (C=O) groups is 1. The molecule has 0 spiro atoms. The third-order valence-corrected chi connectivity index (χ3v) is 4.58. The minimum Gasteiger partial charge on any atom is -0.453 e. The molecule has 7 heteroatoms. The van der Waals surface area contributed by atoms with Gasteiger partial charge in [-0.15, -0.1) is 0 Å². The number of hydrogen-bond donors (Lipinski definition) is 0. The van der Waals surface area contributed by atoms with Gasteiger partial charge in [0.1, 0.15) is 0 Å². The maximum absolute atomic E-state index is 11.1. The van der Waals surface area contributed by atoms with Gasteiger partial charge in [-0.25, -0.2) is 4.79 Å². The number of ether oxygens (including phenoxy) is 1. The minimum atomic E-state index is -2.73. The fraction of sp³-hybridized carbons (Fsp3) is 0.857. The molecule has 0 aliphatic carbocycles. The molecule has 1 amide bonds. The van der Waals surface area contributed by atoms with Crippen molar-refractivity contribution < 1.29 is 22.8 Å². The van der Waals surface area contributed by atoms with Crippen LogP contribution in [-0.4, -0.2) is 61.5 Å². The number of nitrogens with zero attached hydrogens (tertiary/aromatic N) is 1. The summed E-state index contributed by atoms with van der Waals surface area (Å²) in [5.74, 6) is 0. The zero-order valence-electron chi connectivity index (χ0n) is 9.20. The molecule has 0 heterocycles. The molecular formula is C7H17NO5Si. The lowest BCUT2D eigenvalue weighted by Gasteiger charge is -2.28. The lowest BCUT2D eigenvalue weighted by atomic mass is 10.9. The van der Waals surface area contributed by atoms with Crippen molar-refractivity contribution in [2.24, 2.45) is 0 Å². The van der Waals surface area contributed by atoms with Gasteiger partial charge in [-0.3, -0.25) is 0 Å². The Morgan fingerprint density at radius 3 is 1.86 bits per heavy atom. The number of hydrogen-bond acceptors (Lipinski definition) is 5. The average molecular weight is 223 g/mol. The molecule has 0 atom stereocenters. The maximum Gasteiger partial charge on any atom is 0.520 e. The van der Waals surface area contributed by atoms with Gasteiger partial charge in [0.15, 0.2) is 0 Å². The first-order valence-electron chi connectivity index (χ1n) is 3.99. The van der Waals surface area contributed by atoms with E-state index < -0.39 is 14.9 Å². The van der Waals surface area contributed by atoms with E-state index in [-0.39, 0.29) is 6.17 Å². The number of methoxy groups -OCH3 is 1. The standard InChI is InChI=1S/C7H17NO5Si/c1-8(7(9)10-2)6-14(11-3,12-4)13-5/h6H2,1-5H3. The molecule has 0 radical (unpaired) electrons. The summed E-state index contributed by atoms with van der Waals surface area (Å²) in [5, 5.41) is 0. The quantitative estimate of drug-likeness (QED) is 0.619.